The van der Waals surface area contributed by atoms with Crippen molar-refractivity contribution < 1.29 is 0 Å². The molecule has 0 amide bonds. The van der Waals surface area contributed by atoms with Crippen LogP contribution in [0, 0.1) is 11.3 Å². The maximum atomic E-state index is 5.81. The Morgan fingerprint density at radius 1 is 1.36 bits per heavy atom. The first-order chi connectivity index (χ1) is 5.21. The van der Waals surface area contributed by atoms with Crippen LogP contribution in [-0.2, 0) is 0 Å². The molecule has 2 aliphatic carbocycles. The van der Waals surface area contributed by atoms with Crippen LogP contribution in [-0.4, -0.2) is 6.04 Å². The lowest BCUT2D eigenvalue weighted by Gasteiger charge is -2.21. The van der Waals surface area contributed by atoms with Gasteiger partial charge in [0.05, 0.1) is 0 Å². The molecule has 3 atom stereocenters. The molecule has 11 heavy (non-hydrogen) atoms. The van der Waals surface area contributed by atoms with Crippen molar-refractivity contribution in [3.05, 3.63) is 0 Å². The van der Waals surface area contributed by atoms with Gasteiger partial charge in [-0.05, 0) is 37.0 Å². The fourth-order valence-corrected chi connectivity index (χ4v) is 2.18. The molecule has 2 N–H and O–H groups in total. The number of hydrogen-bond acceptors (Lipinski definition) is 1. The van der Waals surface area contributed by atoms with Gasteiger partial charge in [-0.25, -0.2) is 0 Å². The first-order valence-electron chi connectivity index (χ1n) is 4.96. The molecule has 2 fully saturated rings. The predicted octanol–water partition coefficient (Wildman–Crippen LogP) is 2.55. The van der Waals surface area contributed by atoms with Gasteiger partial charge in [0.15, 0.2) is 0 Å². The van der Waals surface area contributed by atoms with Gasteiger partial charge in [0.1, 0.15) is 0 Å². The monoisotopic (exact) mass is 155 g/mol. The normalized spacial score (nSPS) is 46.9. The van der Waals surface area contributed by atoms with Crippen molar-refractivity contribution >= 4 is 0 Å². The van der Waals surface area contributed by atoms with Crippen molar-refractivity contribution in [2.45, 2.75) is 52.5 Å². The molecule has 0 heterocycles. The standard InChI is InChI=1S/C8H15N.C2H6/c1-8-3-2-7(9)4-6(8)5-8;1-2/h6-7H,2-5,9H2,1H3;1-2H3. The van der Waals surface area contributed by atoms with Crippen molar-refractivity contribution in [1.82, 2.24) is 0 Å². The van der Waals surface area contributed by atoms with E-state index >= 15 is 0 Å². The lowest BCUT2D eigenvalue weighted by atomic mass is 9.87. The Morgan fingerprint density at radius 2 is 2.00 bits per heavy atom. The predicted molar refractivity (Wildman–Crippen MR) is 49.4 cm³/mol. The molecule has 1 heteroatoms. The zero-order valence-corrected chi connectivity index (χ0v) is 8.06. The van der Waals surface area contributed by atoms with Crippen LogP contribution in [0.5, 0.6) is 0 Å². The molecule has 3 unspecified atom stereocenters. The second-order valence-electron chi connectivity index (χ2n) is 4.09. The van der Waals surface area contributed by atoms with Crippen LogP contribution in [0.25, 0.3) is 0 Å². The first kappa shape index (κ1) is 9.05. The van der Waals surface area contributed by atoms with E-state index in [4.69, 9.17) is 5.73 Å². The van der Waals surface area contributed by atoms with E-state index in [1.165, 1.54) is 25.7 Å². The van der Waals surface area contributed by atoms with Crippen LogP contribution < -0.4 is 5.73 Å². The summed E-state index contributed by atoms with van der Waals surface area (Å²) in [5.74, 6) is 1.00. The molecule has 0 aromatic heterocycles. The summed E-state index contributed by atoms with van der Waals surface area (Å²) in [6.45, 7) is 6.41. The summed E-state index contributed by atoms with van der Waals surface area (Å²) in [5.41, 5.74) is 6.56. The Balaban J connectivity index is 0.000000281. The minimum absolute atomic E-state index is 0.533. The fourth-order valence-electron chi connectivity index (χ4n) is 2.18. The van der Waals surface area contributed by atoms with Crippen molar-refractivity contribution in [1.29, 1.82) is 0 Å². The molecule has 2 rings (SSSR count). The van der Waals surface area contributed by atoms with Crippen molar-refractivity contribution in [3.63, 3.8) is 0 Å². The Bertz CT molecular complexity index is 133. The van der Waals surface area contributed by atoms with E-state index in [-0.39, 0.29) is 0 Å². The summed E-state index contributed by atoms with van der Waals surface area (Å²) in [5, 5.41) is 0. The van der Waals surface area contributed by atoms with Crippen LogP contribution in [0.15, 0.2) is 0 Å². The molecule has 0 aromatic rings. The molecule has 0 aliphatic heterocycles. The van der Waals surface area contributed by atoms with Crippen molar-refractivity contribution in [3.8, 4) is 0 Å². The Morgan fingerprint density at radius 3 is 2.45 bits per heavy atom. The smallest absolute Gasteiger partial charge is 0.00418 e. The van der Waals surface area contributed by atoms with Gasteiger partial charge in [0.2, 0.25) is 0 Å². The van der Waals surface area contributed by atoms with Gasteiger partial charge < -0.3 is 5.73 Å². The van der Waals surface area contributed by atoms with Crippen LogP contribution in [0.1, 0.15) is 46.5 Å². The van der Waals surface area contributed by atoms with Gasteiger partial charge in [-0.1, -0.05) is 20.8 Å². The highest BCUT2D eigenvalue weighted by atomic mass is 14.7. The Kier molecular flexibility index (Phi) is 2.58. The third kappa shape index (κ3) is 1.76. The Hall–Kier alpha value is -0.0400. The molecule has 0 spiro atoms. The largest absolute Gasteiger partial charge is 0.328 e. The van der Waals surface area contributed by atoms with Crippen LogP contribution in [0.3, 0.4) is 0 Å². The summed E-state index contributed by atoms with van der Waals surface area (Å²) in [6.07, 6.45) is 5.42. The highest BCUT2D eigenvalue weighted by Gasteiger charge is 2.52. The number of fused-ring (bicyclic) bond motifs is 1. The van der Waals surface area contributed by atoms with Crippen LogP contribution in [0.4, 0.5) is 0 Å². The zero-order chi connectivity index (χ0) is 8.48. The Labute approximate surface area is 70.4 Å². The van der Waals surface area contributed by atoms with Crippen LogP contribution in [0.2, 0.25) is 0 Å². The quantitative estimate of drug-likeness (QED) is 0.571. The summed E-state index contributed by atoms with van der Waals surface area (Å²) in [4.78, 5) is 0. The minimum atomic E-state index is 0.533. The highest BCUT2D eigenvalue weighted by Crippen LogP contribution is 2.60. The van der Waals surface area contributed by atoms with Gasteiger partial charge in [-0.3, -0.25) is 0 Å². The number of rotatable bonds is 0. The van der Waals surface area contributed by atoms with E-state index in [0.717, 1.165) is 11.3 Å². The van der Waals surface area contributed by atoms with Crippen molar-refractivity contribution in [2.24, 2.45) is 17.1 Å². The third-order valence-corrected chi connectivity index (χ3v) is 3.21. The zero-order valence-electron chi connectivity index (χ0n) is 8.06. The third-order valence-electron chi connectivity index (χ3n) is 3.21. The van der Waals surface area contributed by atoms with E-state index < -0.39 is 0 Å². The first-order valence-corrected chi connectivity index (χ1v) is 4.96. The average molecular weight is 155 g/mol. The molecule has 1 nitrogen and oxygen atoms in total. The maximum Gasteiger partial charge on any atom is 0.00418 e. The van der Waals surface area contributed by atoms with E-state index in [9.17, 15) is 0 Å². The van der Waals surface area contributed by atoms with E-state index in [0.29, 0.717) is 6.04 Å². The summed E-state index contributed by atoms with van der Waals surface area (Å²) >= 11 is 0. The van der Waals surface area contributed by atoms with Gasteiger partial charge >= 0.3 is 0 Å². The molecule has 66 valence electrons. The molecule has 0 aromatic carbocycles. The van der Waals surface area contributed by atoms with E-state index in [2.05, 4.69) is 6.92 Å². The summed E-state index contributed by atoms with van der Waals surface area (Å²) < 4.78 is 0. The molecular weight excluding hydrogens is 134 g/mol. The minimum Gasteiger partial charge on any atom is -0.328 e. The van der Waals surface area contributed by atoms with Gasteiger partial charge in [0.25, 0.3) is 0 Å². The van der Waals surface area contributed by atoms with Gasteiger partial charge in [-0.15, -0.1) is 0 Å². The molecular formula is C10H21N. The van der Waals surface area contributed by atoms with Gasteiger partial charge in [-0.2, -0.15) is 0 Å². The molecule has 0 bridgehead atoms. The second-order valence-corrected chi connectivity index (χ2v) is 4.09. The topological polar surface area (TPSA) is 26.0 Å². The van der Waals surface area contributed by atoms with E-state index in [1.54, 1.807) is 0 Å². The van der Waals surface area contributed by atoms with E-state index in [1.807, 2.05) is 13.8 Å². The van der Waals surface area contributed by atoms with Gasteiger partial charge in [0, 0.05) is 6.04 Å². The molecule has 0 radical (unpaired) electrons. The second kappa shape index (κ2) is 3.14. The molecule has 2 aliphatic rings. The number of hydrogen-bond donors (Lipinski definition) is 1. The number of nitrogens with two attached hydrogens (primary N) is 1. The SMILES string of the molecule is CC.CC12CCC(N)CC1C2. The summed E-state index contributed by atoms with van der Waals surface area (Å²) in [7, 11) is 0. The lowest BCUT2D eigenvalue weighted by Crippen LogP contribution is -2.26. The highest BCUT2D eigenvalue weighted by molar-refractivity contribution is 5.03. The van der Waals surface area contributed by atoms with Crippen molar-refractivity contribution in [2.75, 3.05) is 0 Å². The summed E-state index contributed by atoms with van der Waals surface area (Å²) in [6, 6.07) is 0.533. The maximum absolute atomic E-state index is 5.81. The van der Waals surface area contributed by atoms with Crippen LogP contribution >= 0.6 is 0 Å². The molecule has 0 saturated heterocycles. The fraction of sp³-hybridized carbons (Fsp3) is 1.00. The average Bonchev–Trinajstić information content (AvgIpc) is 2.65. The molecule has 2 saturated carbocycles. The lowest BCUT2D eigenvalue weighted by molar-refractivity contribution is 0.332.